The zero-order valence-electron chi connectivity index (χ0n) is 10.6. The van der Waals surface area contributed by atoms with Crippen molar-refractivity contribution in [2.45, 2.75) is 19.4 Å². The molecule has 2 heterocycles. The van der Waals surface area contributed by atoms with Crippen molar-refractivity contribution in [3.05, 3.63) is 47.7 Å². The van der Waals surface area contributed by atoms with Gasteiger partial charge in [0.05, 0.1) is 5.56 Å². The first kappa shape index (κ1) is 12.4. The van der Waals surface area contributed by atoms with E-state index in [1.54, 1.807) is 10.6 Å². The van der Waals surface area contributed by atoms with Crippen molar-refractivity contribution < 1.29 is 4.79 Å². The molecule has 1 aromatic carbocycles. The average molecular weight is 273 g/mol. The number of rotatable bonds is 2. The molecule has 0 saturated heterocycles. The molecule has 0 radical (unpaired) electrons. The van der Waals surface area contributed by atoms with Gasteiger partial charge in [-0.25, -0.2) is 0 Å². The lowest BCUT2D eigenvalue weighted by atomic mass is 10.1. The Hall–Kier alpha value is -1.67. The molecule has 1 aliphatic heterocycles. The van der Waals surface area contributed by atoms with Crippen molar-refractivity contribution in [3.63, 3.8) is 0 Å². The summed E-state index contributed by atoms with van der Waals surface area (Å²) in [7, 11) is 2.50. The van der Waals surface area contributed by atoms with Gasteiger partial charge in [0.15, 0.2) is 11.6 Å². The molecular weight excluding hydrogens is 257 g/mol. The number of aromatic nitrogens is 2. The lowest BCUT2D eigenvalue weighted by Crippen LogP contribution is -2.24. The number of fused-ring (bicyclic) bond motifs is 1. The molecule has 2 aromatic rings. The van der Waals surface area contributed by atoms with E-state index in [0.29, 0.717) is 6.42 Å². The summed E-state index contributed by atoms with van der Waals surface area (Å²) in [5, 5.41) is 4.42. The fourth-order valence-corrected chi connectivity index (χ4v) is 2.70. The first-order valence-electron chi connectivity index (χ1n) is 6.41. The van der Waals surface area contributed by atoms with Crippen molar-refractivity contribution >= 4 is 21.0 Å². The number of hydrogen-bond acceptors (Lipinski definition) is 3. The summed E-state index contributed by atoms with van der Waals surface area (Å²) in [5.74, 6) is 1.00. The molecular formula is C14H16N3OP. The van der Waals surface area contributed by atoms with Crippen LogP contribution in [0.2, 0.25) is 0 Å². The maximum Gasteiger partial charge on any atom is 0.168 e. The Balaban J connectivity index is 1.93. The standard InChI is InChI=1S/C14H16N3OP/c18-13-7-4-8-16(9-11-5-2-1-3-6-11)14-12(13)10-17(19)15-14/h1-3,5-6,10H,4,7-9,19H2. The summed E-state index contributed by atoms with van der Waals surface area (Å²) < 4.78 is 1.64. The van der Waals surface area contributed by atoms with Crippen LogP contribution in [0.25, 0.3) is 0 Å². The fraction of sp³-hybridized carbons (Fsp3) is 0.286. The molecule has 0 aliphatic carbocycles. The number of benzene rings is 1. The quantitative estimate of drug-likeness (QED) is 0.789. The Morgan fingerprint density at radius 1 is 1.26 bits per heavy atom. The third-order valence-corrected chi connectivity index (χ3v) is 3.63. The summed E-state index contributed by atoms with van der Waals surface area (Å²) in [6.45, 7) is 1.66. The summed E-state index contributed by atoms with van der Waals surface area (Å²) in [6, 6.07) is 10.3. The number of carbonyl (C=O) groups is 1. The maximum absolute atomic E-state index is 12.0. The predicted octanol–water partition coefficient (Wildman–Crippen LogP) is 2.50. The molecule has 4 nitrogen and oxygen atoms in total. The van der Waals surface area contributed by atoms with E-state index >= 15 is 0 Å². The number of Topliss-reactive ketones (excluding diaryl/α,β-unsaturated/α-hetero) is 1. The largest absolute Gasteiger partial charge is 0.350 e. The molecule has 0 spiro atoms. The lowest BCUT2D eigenvalue weighted by molar-refractivity contribution is 0.0984. The van der Waals surface area contributed by atoms with Crippen LogP contribution in [0.1, 0.15) is 28.8 Å². The Morgan fingerprint density at radius 2 is 2.05 bits per heavy atom. The van der Waals surface area contributed by atoms with Crippen LogP contribution < -0.4 is 4.90 Å². The minimum absolute atomic E-state index is 0.194. The van der Waals surface area contributed by atoms with Crippen molar-refractivity contribution in [1.82, 2.24) is 9.55 Å². The third kappa shape index (κ3) is 2.54. The Labute approximate surface area is 114 Å². The highest BCUT2D eigenvalue weighted by molar-refractivity contribution is 7.14. The fourth-order valence-electron chi connectivity index (χ4n) is 2.44. The number of anilines is 1. The normalized spacial score (nSPS) is 15.2. The highest BCUT2D eigenvalue weighted by Crippen LogP contribution is 2.26. The van der Waals surface area contributed by atoms with Crippen LogP contribution in [0.4, 0.5) is 5.82 Å². The maximum atomic E-state index is 12.0. The van der Waals surface area contributed by atoms with Crippen LogP contribution in [0.5, 0.6) is 0 Å². The van der Waals surface area contributed by atoms with E-state index in [2.05, 4.69) is 31.5 Å². The van der Waals surface area contributed by atoms with Crippen molar-refractivity contribution in [3.8, 4) is 0 Å². The van der Waals surface area contributed by atoms with Gasteiger partial charge in [-0.05, 0) is 21.4 Å². The third-order valence-electron chi connectivity index (χ3n) is 3.36. The lowest BCUT2D eigenvalue weighted by Gasteiger charge is -2.21. The van der Waals surface area contributed by atoms with Crippen molar-refractivity contribution in [2.24, 2.45) is 0 Å². The molecule has 0 fully saturated rings. The molecule has 0 N–H and O–H groups in total. The molecule has 1 atom stereocenters. The van der Waals surface area contributed by atoms with Crippen LogP contribution in [-0.4, -0.2) is 21.9 Å². The van der Waals surface area contributed by atoms with Gasteiger partial charge < -0.3 is 4.90 Å². The van der Waals surface area contributed by atoms with Gasteiger partial charge in [-0.2, -0.15) is 5.10 Å². The highest BCUT2D eigenvalue weighted by atomic mass is 31.0. The van der Waals surface area contributed by atoms with E-state index in [4.69, 9.17) is 0 Å². The van der Waals surface area contributed by atoms with Crippen LogP contribution in [0.3, 0.4) is 0 Å². The minimum atomic E-state index is 0.194. The van der Waals surface area contributed by atoms with Crippen molar-refractivity contribution in [2.75, 3.05) is 11.4 Å². The highest BCUT2D eigenvalue weighted by Gasteiger charge is 2.24. The van der Waals surface area contributed by atoms with Crippen LogP contribution in [0.15, 0.2) is 36.5 Å². The number of ketones is 1. The van der Waals surface area contributed by atoms with Gasteiger partial charge in [-0.3, -0.25) is 9.25 Å². The smallest absolute Gasteiger partial charge is 0.168 e. The molecule has 0 bridgehead atoms. The van der Waals surface area contributed by atoms with Crippen LogP contribution in [-0.2, 0) is 6.54 Å². The Bertz CT molecular complexity index is 594. The monoisotopic (exact) mass is 273 g/mol. The molecule has 5 heteroatoms. The van der Waals surface area contributed by atoms with Gasteiger partial charge in [0.1, 0.15) is 0 Å². The first-order chi connectivity index (χ1) is 9.24. The molecule has 0 amide bonds. The molecule has 0 saturated carbocycles. The van der Waals surface area contributed by atoms with E-state index in [9.17, 15) is 4.79 Å². The number of hydrogen-bond donors (Lipinski definition) is 0. The summed E-state index contributed by atoms with van der Waals surface area (Å²) in [4.78, 5) is 14.2. The summed E-state index contributed by atoms with van der Waals surface area (Å²) in [6.07, 6.45) is 3.29. The van der Waals surface area contributed by atoms with E-state index in [1.807, 2.05) is 18.2 Å². The molecule has 19 heavy (non-hydrogen) atoms. The van der Waals surface area contributed by atoms with Gasteiger partial charge in [-0.15, -0.1) is 0 Å². The van der Waals surface area contributed by atoms with E-state index < -0.39 is 0 Å². The topological polar surface area (TPSA) is 38.1 Å². The summed E-state index contributed by atoms with van der Waals surface area (Å²) in [5.41, 5.74) is 1.98. The van der Waals surface area contributed by atoms with Gasteiger partial charge in [0, 0.05) is 25.7 Å². The van der Waals surface area contributed by atoms with Gasteiger partial charge >= 0.3 is 0 Å². The van der Waals surface area contributed by atoms with Crippen LogP contribution >= 0.6 is 9.39 Å². The Morgan fingerprint density at radius 3 is 2.84 bits per heavy atom. The zero-order valence-corrected chi connectivity index (χ0v) is 11.8. The Kier molecular flexibility index (Phi) is 3.34. The number of nitrogens with zero attached hydrogens (tertiary/aromatic N) is 3. The zero-order chi connectivity index (χ0) is 13.2. The van der Waals surface area contributed by atoms with E-state index in [0.717, 1.165) is 30.9 Å². The molecule has 3 rings (SSSR count). The second-order valence-corrected chi connectivity index (χ2v) is 5.31. The second-order valence-electron chi connectivity index (χ2n) is 4.78. The predicted molar refractivity (Wildman–Crippen MR) is 78.4 cm³/mol. The second kappa shape index (κ2) is 5.14. The van der Waals surface area contributed by atoms with Gasteiger partial charge in [0.25, 0.3) is 0 Å². The summed E-state index contributed by atoms with van der Waals surface area (Å²) >= 11 is 0. The minimum Gasteiger partial charge on any atom is -0.350 e. The van der Waals surface area contributed by atoms with Gasteiger partial charge in [-0.1, -0.05) is 30.3 Å². The van der Waals surface area contributed by atoms with E-state index in [-0.39, 0.29) is 5.78 Å². The van der Waals surface area contributed by atoms with Crippen LogP contribution in [0, 0.1) is 0 Å². The van der Waals surface area contributed by atoms with Gasteiger partial charge in [0.2, 0.25) is 0 Å². The van der Waals surface area contributed by atoms with Crippen molar-refractivity contribution in [1.29, 1.82) is 0 Å². The SMILES string of the molecule is O=C1CCCN(Cc2ccccc2)c2nn(P)cc21. The van der Waals surface area contributed by atoms with E-state index in [1.165, 1.54) is 5.56 Å². The molecule has 1 aromatic heterocycles. The first-order valence-corrected chi connectivity index (χ1v) is 6.92. The molecule has 1 unspecified atom stereocenters. The number of carbonyl (C=O) groups excluding carboxylic acids is 1. The molecule has 1 aliphatic rings. The average Bonchev–Trinajstić information content (AvgIpc) is 2.75. The molecule has 98 valence electrons.